The number of fused-ring (bicyclic) bond motifs is 3. The molecular weight excluding hydrogens is 386 g/mol. The van der Waals surface area contributed by atoms with Gasteiger partial charge in [-0.15, -0.1) is 0 Å². The number of nitro benzene ring substituents is 2. The number of anilines is 1. The molecule has 0 unspecified atom stereocenters. The van der Waals surface area contributed by atoms with E-state index in [2.05, 4.69) is 5.32 Å². The van der Waals surface area contributed by atoms with E-state index in [1.807, 2.05) is 12.2 Å². The number of nitro groups is 2. The molecule has 0 saturated heterocycles. The lowest BCUT2D eigenvalue weighted by molar-refractivity contribution is -0.385. The van der Waals surface area contributed by atoms with Gasteiger partial charge in [0.15, 0.2) is 0 Å². The van der Waals surface area contributed by atoms with Crippen molar-refractivity contribution < 1.29 is 14.6 Å². The van der Waals surface area contributed by atoms with Crippen molar-refractivity contribution in [3.8, 4) is 5.75 Å². The number of nitrogens with one attached hydrogen (secondary N) is 1. The Morgan fingerprint density at radius 3 is 2.57 bits per heavy atom. The Balaban J connectivity index is 1.87. The van der Waals surface area contributed by atoms with Crippen LogP contribution >= 0.6 is 11.6 Å². The number of methoxy groups -OCH3 is 1. The van der Waals surface area contributed by atoms with E-state index in [0.29, 0.717) is 29.0 Å². The number of allylic oxidation sites excluding steroid dienone is 2. The van der Waals surface area contributed by atoms with Crippen LogP contribution in [0.4, 0.5) is 17.1 Å². The molecule has 0 spiro atoms. The fraction of sp³-hybridized carbons (Fsp3) is 0.263. The highest BCUT2D eigenvalue weighted by molar-refractivity contribution is 6.32. The molecule has 2 aliphatic rings. The van der Waals surface area contributed by atoms with Gasteiger partial charge in [-0.25, -0.2) is 0 Å². The van der Waals surface area contributed by atoms with Crippen LogP contribution in [0.15, 0.2) is 42.5 Å². The first-order valence-corrected chi connectivity index (χ1v) is 9.02. The molecule has 3 atom stereocenters. The second kappa shape index (κ2) is 6.79. The van der Waals surface area contributed by atoms with E-state index < -0.39 is 9.85 Å². The summed E-state index contributed by atoms with van der Waals surface area (Å²) < 4.78 is 5.42. The standard InChI is InChI=1S/C19H16ClN3O5/c1-28-16-8-7-14(22(24)25)17-11-3-2-4-12(11)18(21-19(16)17)10-5-6-13(20)15(9-10)23(26)27/h2-3,5-9,11-12,18,21H,4H2,1H3/t11-,12+,18-/m1/s1. The Labute approximate surface area is 165 Å². The monoisotopic (exact) mass is 401 g/mol. The molecule has 9 heteroatoms. The van der Waals surface area contributed by atoms with Crippen molar-refractivity contribution in [2.45, 2.75) is 18.4 Å². The normalized spacial score (nSPS) is 22.1. The molecule has 28 heavy (non-hydrogen) atoms. The van der Waals surface area contributed by atoms with Gasteiger partial charge in [0.1, 0.15) is 10.8 Å². The van der Waals surface area contributed by atoms with Crippen LogP contribution in [0.25, 0.3) is 0 Å². The van der Waals surface area contributed by atoms with Gasteiger partial charge in [-0.2, -0.15) is 0 Å². The molecular formula is C19H16ClN3O5. The summed E-state index contributed by atoms with van der Waals surface area (Å²) in [7, 11) is 1.50. The van der Waals surface area contributed by atoms with Gasteiger partial charge in [-0.05, 0) is 30.0 Å². The largest absolute Gasteiger partial charge is 0.495 e. The first-order valence-electron chi connectivity index (χ1n) is 8.64. The molecule has 0 fully saturated rings. The number of ether oxygens (including phenoxy) is 1. The first kappa shape index (κ1) is 18.2. The summed E-state index contributed by atoms with van der Waals surface area (Å²) in [5, 5.41) is 26.3. The van der Waals surface area contributed by atoms with Gasteiger partial charge in [0.25, 0.3) is 11.4 Å². The predicted octanol–water partition coefficient (Wildman–Crippen LogP) is 4.99. The highest BCUT2D eigenvalue weighted by Gasteiger charge is 2.43. The smallest absolute Gasteiger partial charge is 0.288 e. The van der Waals surface area contributed by atoms with E-state index in [1.54, 1.807) is 12.1 Å². The van der Waals surface area contributed by atoms with Crippen LogP contribution in [0.1, 0.15) is 29.5 Å². The van der Waals surface area contributed by atoms with Gasteiger partial charge in [-0.1, -0.05) is 29.8 Å². The number of hydrogen-bond acceptors (Lipinski definition) is 6. The van der Waals surface area contributed by atoms with Gasteiger partial charge < -0.3 is 10.1 Å². The summed E-state index contributed by atoms with van der Waals surface area (Å²) in [4.78, 5) is 22.0. The van der Waals surface area contributed by atoms with Crippen LogP contribution in [-0.4, -0.2) is 17.0 Å². The molecule has 0 bridgehead atoms. The van der Waals surface area contributed by atoms with E-state index in [9.17, 15) is 20.2 Å². The van der Waals surface area contributed by atoms with Crippen molar-refractivity contribution in [2.24, 2.45) is 5.92 Å². The molecule has 1 N–H and O–H groups in total. The number of nitrogens with zero attached hydrogens (tertiary/aromatic N) is 2. The summed E-state index contributed by atoms with van der Waals surface area (Å²) in [6, 6.07) is 7.45. The van der Waals surface area contributed by atoms with Crippen LogP contribution in [0.2, 0.25) is 5.02 Å². The zero-order valence-corrected chi connectivity index (χ0v) is 15.6. The second-order valence-corrected chi connectivity index (χ2v) is 7.18. The van der Waals surface area contributed by atoms with E-state index in [-0.39, 0.29) is 34.3 Å². The Morgan fingerprint density at radius 2 is 1.89 bits per heavy atom. The van der Waals surface area contributed by atoms with Gasteiger partial charge >= 0.3 is 0 Å². The quantitative estimate of drug-likeness (QED) is 0.439. The maximum Gasteiger partial charge on any atom is 0.288 e. The third-order valence-electron chi connectivity index (χ3n) is 5.40. The van der Waals surface area contributed by atoms with Crippen molar-refractivity contribution in [2.75, 3.05) is 12.4 Å². The highest BCUT2D eigenvalue weighted by Crippen LogP contribution is 2.55. The Hall–Kier alpha value is -3.13. The number of rotatable bonds is 4. The molecule has 1 heterocycles. The lowest BCUT2D eigenvalue weighted by Crippen LogP contribution is -2.30. The van der Waals surface area contributed by atoms with Crippen molar-refractivity contribution >= 4 is 28.7 Å². The van der Waals surface area contributed by atoms with E-state index in [4.69, 9.17) is 16.3 Å². The summed E-state index contributed by atoms with van der Waals surface area (Å²) in [6.45, 7) is 0. The van der Waals surface area contributed by atoms with Gasteiger partial charge in [0.05, 0.1) is 34.2 Å². The number of halogens is 1. The van der Waals surface area contributed by atoms with Gasteiger partial charge in [0, 0.05) is 18.1 Å². The van der Waals surface area contributed by atoms with Crippen molar-refractivity contribution in [1.82, 2.24) is 0 Å². The third kappa shape index (κ3) is 2.77. The molecule has 0 aromatic heterocycles. The molecule has 0 radical (unpaired) electrons. The number of hydrogen-bond donors (Lipinski definition) is 1. The molecule has 144 valence electrons. The summed E-state index contributed by atoms with van der Waals surface area (Å²) in [5.41, 5.74) is 1.70. The van der Waals surface area contributed by atoms with Gasteiger partial charge in [0.2, 0.25) is 0 Å². The predicted molar refractivity (Wildman–Crippen MR) is 104 cm³/mol. The zero-order valence-electron chi connectivity index (χ0n) is 14.8. The van der Waals surface area contributed by atoms with Crippen LogP contribution in [-0.2, 0) is 0 Å². The second-order valence-electron chi connectivity index (χ2n) is 6.78. The fourth-order valence-corrected chi connectivity index (χ4v) is 4.37. The Morgan fingerprint density at radius 1 is 1.14 bits per heavy atom. The summed E-state index contributed by atoms with van der Waals surface area (Å²) in [5.74, 6) is 0.290. The molecule has 2 aromatic rings. The summed E-state index contributed by atoms with van der Waals surface area (Å²) >= 11 is 5.96. The molecule has 1 aliphatic carbocycles. The highest BCUT2D eigenvalue weighted by atomic mass is 35.5. The third-order valence-corrected chi connectivity index (χ3v) is 5.72. The molecule has 1 aliphatic heterocycles. The molecule has 2 aromatic carbocycles. The molecule has 0 saturated carbocycles. The first-order chi connectivity index (χ1) is 13.4. The minimum absolute atomic E-state index is 0.0147. The van der Waals surface area contributed by atoms with Crippen molar-refractivity contribution in [3.63, 3.8) is 0 Å². The minimum Gasteiger partial charge on any atom is -0.495 e. The topological polar surface area (TPSA) is 108 Å². The fourth-order valence-electron chi connectivity index (χ4n) is 4.19. The van der Waals surface area contributed by atoms with Crippen LogP contribution in [0.5, 0.6) is 5.75 Å². The molecule has 0 amide bonds. The Kier molecular flexibility index (Phi) is 4.43. The Bertz CT molecular complexity index is 1020. The van der Waals surface area contributed by atoms with E-state index in [0.717, 1.165) is 0 Å². The maximum absolute atomic E-state index is 11.6. The SMILES string of the molecule is COc1ccc([N+](=O)[O-])c2c1N[C@H](c1ccc(Cl)c([N+](=O)[O-])c1)[C@H]1CC=C[C@@H]21. The summed E-state index contributed by atoms with van der Waals surface area (Å²) in [6.07, 6.45) is 4.66. The van der Waals surface area contributed by atoms with Gasteiger partial charge in [-0.3, -0.25) is 20.2 Å². The average Bonchev–Trinajstić information content (AvgIpc) is 3.16. The van der Waals surface area contributed by atoms with E-state index >= 15 is 0 Å². The van der Waals surface area contributed by atoms with E-state index in [1.165, 1.54) is 25.3 Å². The lowest BCUT2D eigenvalue weighted by atomic mass is 9.76. The van der Waals surface area contributed by atoms with Crippen molar-refractivity contribution in [1.29, 1.82) is 0 Å². The number of benzene rings is 2. The molecule has 4 rings (SSSR count). The lowest BCUT2D eigenvalue weighted by Gasteiger charge is -2.37. The van der Waals surface area contributed by atoms with Crippen LogP contribution in [0.3, 0.4) is 0 Å². The van der Waals surface area contributed by atoms with Crippen LogP contribution in [0, 0.1) is 26.1 Å². The van der Waals surface area contributed by atoms with Crippen molar-refractivity contribution in [3.05, 3.63) is 78.9 Å². The average molecular weight is 402 g/mol. The minimum atomic E-state index is -0.515. The molecule has 8 nitrogen and oxygen atoms in total. The maximum atomic E-state index is 11.6. The zero-order chi connectivity index (χ0) is 20.0. The van der Waals surface area contributed by atoms with Crippen LogP contribution < -0.4 is 10.1 Å².